The summed E-state index contributed by atoms with van der Waals surface area (Å²) in [5.41, 5.74) is 2.43. The number of carbonyl (C=O) groups excluding carboxylic acids is 2. The summed E-state index contributed by atoms with van der Waals surface area (Å²) in [5, 5.41) is 5.52. The van der Waals surface area contributed by atoms with Crippen LogP contribution in [0.1, 0.15) is 39.1 Å². The Morgan fingerprint density at radius 3 is 2.58 bits per heavy atom. The first-order valence-corrected chi connectivity index (χ1v) is 8.32. The lowest BCUT2D eigenvalue weighted by Gasteiger charge is -2.07. The maximum absolute atomic E-state index is 12.4. The topological polar surface area (TPSA) is 84.2 Å². The van der Waals surface area contributed by atoms with Crippen LogP contribution in [0.25, 0.3) is 0 Å². The van der Waals surface area contributed by atoms with Gasteiger partial charge in [-0.1, -0.05) is 19.1 Å². The molecule has 0 spiro atoms. The summed E-state index contributed by atoms with van der Waals surface area (Å²) < 4.78 is 5.17. The van der Waals surface area contributed by atoms with Crippen molar-refractivity contribution < 1.29 is 14.0 Å². The van der Waals surface area contributed by atoms with Crippen LogP contribution in [0.3, 0.4) is 0 Å². The van der Waals surface area contributed by atoms with E-state index in [0.29, 0.717) is 17.0 Å². The molecule has 3 aromatic rings. The van der Waals surface area contributed by atoms with Gasteiger partial charge in [0.25, 0.3) is 11.8 Å². The number of nitrogens with zero attached hydrogens (tertiary/aromatic N) is 1. The number of amides is 2. The Morgan fingerprint density at radius 1 is 1.08 bits per heavy atom. The third-order valence-corrected chi connectivity index (χ3v) is 3.88. The molecule has 2 amide bonds. The minimum atomic E-state index is -0.372. The summed E-state index contributed by atoms with van der Waals surface area (Å²) in [6.45, 7) is 2.33. The van der Waals surface area contributed by atoms with E-state index in [4.69, 9.17) is 4.42 Å². The molecule has 6 heteroatoms. The zero-order valence-electron chi connectivity index (χ0n) is 14.4. The highest BCUT2D eigenvalue weighted by molar-refractivity contribution is 6.05. The number of rotatable bonds is 6. The van der Waals surface area contributed by atoms with E-state index >= 15 is 0 Å². The van der Waals surface area contributed by atoms with E-state index in [9.17, 15) is 9.59 Å². The largest absolute Gasteiger partial charge is 0.467 e. The molecule has 1 aromatic carbocycles. The van der Waals surface area contributed by atoms with Gasteiger partial charge < -0.3 is 15.1 Å². The Bertz CT molecular complexity index is 887. The molecule has 26 heavy (non-hydrogen) atoms. The normalized spacial score (nSPS) is 10.3. The predicted molar refractivity (Wildman–Crippen MR) is 97.9 cm³/mol. The zero-order valence-corrected chi connectivity index (χ0v) is 14.4. The first kappa shape index (κ1) is 17.4. The first-order valence-electron chi connectivity index (χ1n) is 8.32. The van der Waals surface area contributed by atoms with Crippen molar-refractivity contribution in [2.75, 3.05) is 5.32 Å². The van der Waals surface area contributed by atoms with Crippen molar-refractivity contribution >= 4 is 17.5 Å². The number of pyridine rings is 1. The van der Waals surface area contributed by atoms with Crippen LogP contribution in [0.4, 0.5) is 5.69 Å². The van der Waals surface area contributed by atoms with Gasteiger partial charge in [-0.05, 0) is 48.4 Å². The Morgan fingerprint density at radius 2 is 1.88 bits per heavy atom. The molecule has 0 aliphatic carbocycles. The van der Waals surface area contributed by atoms with E-state index in [0.717, 1.165) is 6.42 Å². The molecule has 0 bridgehead atoms. The van der Waals surface area contributed by atoms with Gasteiger partial charge in [0.15, 0.2) is 0 Å². The molecule has 0 aliphatic rings. The van der Waals surface area contributed by atoms with E-state index in [1.54, 1.807) is 18.2 Å². The maximum atomic E-state index is 12.4. The van der Waals surface area contributed by atoms with Gasteiger partial charge in [0.1, 0.15) is 11.5 Å². The molecule has 0 saturated carbocycles. The minimum absolute atomic E-state index is 0.172. The molecule has 0 radical (unpaired) electrons. The fourth-order valence-electron chi connectivity index (χ4n) is 2.39. The molecule has 0 unspecified atom stereocenters. The summed E-state index contributed by atoms with van der Waals surface area (Å²) in [5.74, 6) is -0.0251. The van der Waals surface area contributed by atoms with Gasteiger partial charge in [-0.3, -0.25) is 14.6 Å². The SMILES string of the molecule is CCc1ccc(NC(=O)c2ccnc(C(=O)NCc3ccco3)c2)cc1. The fourth-order valence-corrected chi connectivity index (χ4v) is 2.39. The highest BCUT2D eigenvalue weighted by Gasteiger charge is 2.12. The zero-order chi connectivity index (χ0) is 18.4. The average molecular weight is 349 g/mol. The number of nitrogens with one attached hydrogen (secondary N) is 2. The van der Waals surface area contributed by atoms with Crippen molar-refractivity contribution in [3.8, 4) is 0 Å². The summed E-state index contributed by atoms with van der Waals surface area (Å²) in [7, 11) is 0. The number of carbonyl (C=O) groups is 2. The molecule has 6 nitrogen and oxygen atoms in total. The highest BCUT2D eigenvalue weighted by Crippen LogP contribution is 2.12. The minimum Gasteiger partial charge on any atom is -0.467 e. The van der Waals surface area contributed by atoms with Crippen molar-refractivity contribution in [2.24, 2.45) is 0 Å². The molecule has 0 atom stereocenters. The van der Waals surface area contributed by atoms with Crippen LogP contribution in [0.2, 0.25) is 0 Å². The van der Waals surface area contributed by atoms with Gasteiger partial charge in [0.2, 0.25) is 0 Å². The van der Waals surface area contributed by atoms with Crippen molar-refractivity contribution in [1.82, 2.24) is 10.3 Å². The van der Waals surface area contributed by atoms with Crippen LogP contribution < -0.4 is 10.6 Å². The fraction of sp³-hybridized carbons (Fsp3) is 0.150. The number of benzene rings is 1. The van der Waals surface area contributed by atoms with Crippen LogP contribution in [0, 0.1) is 0 Å². The number of aryl methyl sites for hydroxylation is 1. The number of hydrogen-bond acceptors (Lipinski definition) is 4. The van der Waals surface area contributed by atoms with Gasteiger partial charge in [-0.15, -0.1) is 0 Å². The quantitative estimate of drug-likeness (QED) is 0.714. The molecule has 2 aromatic heterocycles. The van der Waals surface area contributed by atoms with E-state index < -0.39 is 0 Å². The molecule has 2 heterocycles. The molecule has 0 saturated heterocycles. The van der Waals surface area contributed by atoms with Gasteiger partial charge >= 0.3 is 0 Å². The second-order valence-corrected chi connectivity index (χ2v) is 5.70. The van der Waals surface area contributed by atoms with E-state index in [-0.39, 0.29) is 24.1 Å². The number of furan rings is 1. The van der Waals surface area contributed by atoms with Gasteiger partial charge in [0, 0.05) is 17.4 Å². The van der Waals surface area contributed by atoms with E-state index in [2.05, 4.69) is 22.5 Å². The number of hydrogen-bond donors (Lipinski definition) is 2. The van der Waals surface area contributed by atoms with Gasteiger partial charge in [-0.2, -0.15) is 0 Å². The lowest BCUT2D eigenvalue weighted by atomic mass is 10.1. The molecule has 132 valence electrons. The van der Waals surface area contributed by atoms with Crippen LogP contribution in [-0.2, 0) is 13.0 Å². The Balaban J connectivity index is 1.65. The smallest absolute Gasteiger partial charge is 0.270 e. The van der Waals surface area contributed by atoms with Crippen LogP contribution in [0.15, 0.2) is 65.4 Å². The highest BCUT2D eigenvalue weighted by atomic mass is 16.3. The first-order chi connectivity index (χ1) is 12.7. The van der Waals surface area contributed by atoms with E-state index in [1.807, 2.05) is 24.3 Å². The second kappa shape index (κ2) is 8.11. The lowest BCUT2D eigenvalue weighted by Crippen LogP contribution is -2.24. The van der Waals surface area contributed by atoms with Crippen molar-refractivity contribution in [3.05, 3.63) is 83.6 Å². The van der Waals surface area contributed by atoms with Gasteiger partial charge in [0.05, 0.1) is 12.8 Å². The van der Waals surface area contributed by atoms with Gasteiger partial charge in [-0.25, -0.2) is 0 Å². The number of anilines is 1. The third-order valence-electron chi connectivity index (χ3n) is 3.88. The maximum Gasteiger partial charge on any atom is 0.270 e. The lowest BCUT2D eigenvalue weighted by molar-refractivity contribution is 0.0943. The van der Waals surface area contributed by atoms with Crippen LogP contribution in [0.5, 0.6) is 0 Å². The second-order valence-electron chi connectivity index (χ2n) is 5.70. The summed E-state index contributed by atoms with van der Waals surface area (Å²) >= 11 is 0. The number of aromatic nitrogens is 1. The Kier molecular flexibility index (Phi) is 5.43. The standard InChI is InChI=1S/C20H19N3O3/c1-2-14-5-7-16(8-6-14)23-19(24)15-9-10-21-18(12-15)20(25)22-13-17-4-3-11-26-17/h3-12H,2,13H2,1H3,(H,22,25)(H,23,24). The van der Waals surface area contributed by atoms with Crippen molar-refractivity contribution in [3.63, 3.8) is 0 Å². The Labute approximate surface area is 151 Å². The monoisotopic (exact) mass is 349 g/mol. The van der Waals surface area contributed by atoms with Crippen LogP contribution >= 0.6 is 0 Å². The molecule has 0 aliphatic heterocycles. The molecular formula is C20H19N3O3. The van der Waals surface area contributed by atoms with E-state index in [1.165, 1.54) is 24.1 Å². The summed E-state index contributed by atoms with van der Waals surface area (Å²) in [6.07, 6.45) is 3.92. The van der Waals surface area contributed by atoms with Crippen LogP contribution in [-0.4, -0.2) is 16.8 Å². The molecule has 3 rings (SSSR count). The molecular weight excluding hydrogens is 330 g/mol. The molecule has 2 N–H and O–H groups in total. The van der Waals surface area contributed by atoms with Crippen molar-refractivity contribution in [1.29, 1.82) is 0 Å². The third kappa shape index (κ3) is 4.36. The summed E-state index contributed by atoms with van der Waals surface area (Å²) in [6, 6.07) is 14.2. The average Bonchev–Trinajstić information content (AvgIpc) is 3.20. The summed E-state index contributed by atoms with van der Waals surface area (Å²) in [4.78, 5) is 28.6. The Hall–Kier alpha value is -3.41. The van der Waals surface area contributed by atoms with Crippen molar-refractivity contribution in [2.45, 2.75) is 19.9 Å². The predicted octanol–water partition coefficient (Wildman–Crippen LogP) is 3.42. The molecule has 0 fully saturated rings.